The first-order valence-electron chi connectivity index (χ1n) is 6.92. The van der Waals surface area contributed by atoms with Crippen LogP contribution in [0.15, 0.2) is 30.5 Å². The summed E-state index contributed by atoms with van der Waals surface area (Å²) in [6, 6.07) is 5.31. The van der Waals surface area contributed by atoms with Gasteiger partial charge in [0.2, 0.25) is 0 Å². The van der Waals surface area contributed by atoms with E-state index in [9.17, 15) is 18.0 Å². The van der Waals surface area contributed by atoms with Crippen LogP contribution in [0.4, 0.5) is 13.2 Å². The van der Waals surface area contributed by atoms with Crippen molar-refractivity contribution in [3.8, 4) is 5.88 Å². The zero-order valence-electron chi connectivity index (χ0n) is 12.5. The lowest BCUT2D eigenvalue weighted by Crippen LogP contribution is -2.15. The number of amides is 1. The number of fused-ring (bicyclic) bond motifs is 1. The molecule has 0 aliphatic rings. The van der Waals surface area contributed by atoms with E-state index in [0.717, 1.165) is 0 Å². The van der Waals surface area contributed by atoms with E-state index >= 15 is 0 Å². The summed E-state index contributed by atoms with van der Waals surface area (Å²) in [5.41, 5.74) is 5.01. The minimum Gasteiger partial charge on any atom is -0.473 e. The quantitative estimate of drug-likeness (QED) is 0.797. The van der Waals surface area contributed by atoms with Gasteiger partial charge in [-0.2, -0.15) is 0 Å². The summed E-state index contributed by atoms with van der Waals surface area (Å²) in [5.74, 6) is -3.64. The van der Waals surface area contributed by atoms with Crippen molar-refractivity contribution < 1.29 is 22.7 Å². The third-order valence-electron chi connectivity index (χ3n) is 3.60. The molecule has 0 saturated carbocycles. The molecule has 8 heteroatoms. The molecule has 0 aliphatic heterocycles. The maximum absolute atomic E-state index is 14.0. The fourth-order valence-electron chi connectivity index (χ4n) is 2.31. The zero-order valence-corrected chi connectivity index (χ0v) is 12.5. The van der Waals surface area contributed by atoms with Crippen molar-refractivity contribution in [2.45, 2.75) is 13.5 Å². The highest BCUT2D eigenvalue weighted by atomic mass is 19.1. The van der Waals surface area contributed by atoms with E-state index < -0.39 is 35.5 Å². The molecule has 2 aromatic heterocycles. The lowest BCUT2D eigenvalue weighted by atomic mass is 10.1. The van der Waals surface area contributed by atoms with Gasteiger partial charge in [-0.1, -0.05) is 6.07 Å². The lowest BCUT2D eigenvalue weighted by Gasteiger charge is -2.12. The molecule has 1 amide bonds. The van der Waals surface area contributed by atoms with E-state index in [2.05, 4.69) is 4.98 Å². The largest absolute Gasteiger partial charge is 0.473 e. The third kappa shape index (κ3) is 2.55. The second kappa shape index (κ2) is 5.88. The van der Waals surface area contributed by atoms with Gasteiger partial charge in [-0.15, -0.1) is 0 Å². The Balaban J connectivity index is 1.99. The van der Waals surface area contributed by atoms with Gasteiger partial charge < -0.3 is 10.5 Å². The van der Waals surface area contributed by atoms with Gasteiger partial charge in [0, 0.05) is 11.6 Å². The summed E-state index contributed by atoms with van der Waals surface area (Å²) in [7, 11) is 0. The lowest BCUT2D eigenvalue weighted by molar-refractivity contribution is 0.0993. The number of carbonyl (C=O) groups excluding carboxylic acids is 1. The van der Waals surface area contributed by atoms with Crippen molar-refractivity contribution >= 4 is 11.6 Å². The summed E-state index contributed by atoms with van der Waals surface area (Å²) >= 11 is 0. The summed E-state index contributed by atoms with van der Waals surface area (Å²) in [6.07, 6.45) is 1.27. The number of hydrogen-bond donors (Lipinski definition) is 1. The Morgan fingerprint density at radius 2 is 2.04 bits per heavy atom. The van der Waals surface area contributed by atoms with Gasteiger partial charge >= 0.3 is 0 Å². The predicted octanol–water partition coefficient (Wildman–Crippen LogP) is 2.74. The molecule has 0 spiro atoms. The molecule has 3 rings (SSSR count). The molecule has 0 bridgehead atoms. The number of nitrogens with zero attached hydrogens (tertiary/aromatic N) is 2. The normalized spacial score (nSPS) is 11.0. The Morgan fingerprint density at radius 3 is 2.75 bits per heavy atom. The molecule has 0 unspecified atom stereocenters. The van der Waals surface area contributed by atoms with E-state index in [1.165, 1.54) is 23.6 Å². The fourth-order valence-corrected chi connectivity index (χ4v) is 2.31. The van der Waals surface area contributed by atoms with Crippen molar-refractivity contribution in [2.75, 3.05) is 0 Å². The van der Waals surface area contributed by atoms with Gasteiger partial charge in [0.1, 0.15) is 35.4 Å². The average Bonchev–Trinajstić information content (AvgIpc) is 2.97. The molecule has 0 saturated heterocycles. The van der Waals surface area contributed by atoms with E-state index in [-0.39, 0.29) is 17.1 Å². The number of rotatable bonds is 4. The molecule has 5 nitrogen and oxygen atoms in total. The number of hydrogen-bond acceptors (Lipinski definition) is 3. The van der Waals surface area contributed by atoms with Crippen molar-refractivity contribution in [1.29, 1.82) is 0 Å². The average molecular weight is 335 g/mol. The molecule has 1 aromatic carbocycles. The first-order chi connectivity index (χ1) is 11.4. The second-order valence-corrected chi connectivity index (χ2v) is 5.11. The minimum absolute atomic E-state index is 0.0665. The number of pyridine rings is 1. The van der Waals surface area contributed by atoms with E-state index in [0.29, 0.717) is 11.7 Å². The molecule has 0 fully saturated rings. The van der Waals surface area contributed by atoms with E-state index in [4.69, 9.17) is 10.5 Å². The van der Waals surface area contributed by atoms with Gasteiger partial charge in [0.25, 0.3) is 5.91 Å². The van der Waals surface area contributed by atoms with Gasteiger partial charge in [-0.3, -0.25) is 9.20 Å². The predicted molar refractivity (Wildman–Crippen MR) is 79.1 cm³/mol. The number of nitrogens with two attached hydrogens (primary N) is 1. The number of primary amides is 1. The minimum atomic E-state index is -1.05. The van der Waals surface area contributed by atoms with Crippen LogP contribution in [0, 0.1) is 24.4 Å². The molecule has 0 atom stereocenters. The van der Waals surface area contributed by atoms with Crippen LogP contribution in [0.2, 0.25) is 0 Å². The van der Waals surface area contributed by atoms with Crippen molar-refractivity contribution in [2.24, 2.45) is 5.73 Å². The van der Waals surface area contributed by atoms with Crippen LogP contribution in [0.1, 0.15) is 21.6 Å². The Kier molecular flexibility index (Phi) is 3.88. The SMILES string of the molecule is Cc1c(F)cc(F)c(COc2cccc3ncc(C(N)=O)n23)c1F. The molecular weight excluding hydrogens is 323 g/mol. The summed E-state index contributed by atoms with van der Waals surface area (Å²) in [4.78, 5) is 15.4. The first kappa shape index (κ1) is 15.9. The van der Waals surface area contributed by atoms with E-state index in [1.54, 1.807) is 12.1 Å². The van der Waals surface area contributed by atoms with Crippen LogP contribution in [0.25, 0.3) is 5.65 Å². The van der Waals surface area contributed by atoms with Crippen LogP contribution >= 0.6 is 0 Å². The standard InChI is InChI=1S/C16H12F3N3O2/c1-8-10(17)5-11(18)9(15(8)19)7-24-14-4-2-3-13-21-6-12(16(20)23)22(13)14/h2-6H,7H2,1H3,(H2,20,23). The van der Waals surface area contributed by atoms with Crippen molar-refractivity contribution in [3.05, 3.63) is 64.7 Å². The van der Waals surface area contributed by atoms with Gasteiger partial charge in [0.15, 0.2) is 5.88 Å². The molecule has 24 heavy (non-hydrogen) atoms. The third-order valence-corrected chi connectivity index (χ3v) is 3.60. The molecular formula is C16H12F3N3O2. The monoisotopic (exact) mass is 335 g/mol. The Morgan fingerprint density at radius 1 is 1.29 bits per heavy atom. The number of ether oxygens (including phenoxy) is 1. The summed E-state index contributed by atoms with van der Waals surface area (Å²) < 4.78 is 47.9. The van der Waals surface area contributed by atoms with Gasteiger partial charge in [-0.05, 0) is 19.1 Å². The maximum atomic E-state index is 14.0. The molecule has 2 heterocycles. The van der Waals surface area contributed by atoms with Crippen molar-refractivity contribution in [3.63, 3.8) is 0 Å². The zero-order chi connectivity index (χ0) is 17.4. The topological polar surface area (TPSA) is 69.6 Å². The van der Waals surface area contributed by atoms with Gasteiger partial charge in [-0.25, -0.2) is 18.2 Å². The fraction of sp³-hybridized carbons (Fsp3) is 0.125. The molecule has 0 radical (unpaired) electrons. The van der Waals surface area contributed by atoms with Gasteiger partial charge in [0.05, 0.1) is 11.8 Å². The van der Waals surface area contributed by atoms with E-state index in [1.807, 2.05) is 0 Å². The molecule has 2 N–H and O–H groups in total. The summed E-state index contributed by atoms with van der Waals surface area (Å²) in [5, 5.41) is 0. The Bertz CT molecular complexity index is 953. The van der Waals surface area contributed by atoms with Crippen LogP contribution in [0.3, 0.4) is 0 Å². The van der Waals surface area contributed by atoms with Crippen LogP contribution in [0.5, 0.6) is 5.88 Å². The van der Waals surface area contributed by atoms with Crippen LogP contribution < -0.4 is 10.5 Å². The molecule has 124 valence electrons. The highest BCUT2D eigenvalue weighted by Gasteiger charge is 2.18. The highest BCUT2D eigenvalue weighted by molar-refractivity contribution is 5.92. The maximum Gasteiger partial charge on any atom is 0.267 e. The first-order valence-corrected chi connectivity index (χ1v) is 6.92. The van der Waals surface area contributed by atoms with Crippen LogP contribution in [-0.2, 0) is 6.61 Å². The van der Waals surface area contributed by atoms with Crippen molar-refractivity contribution in [1.82, 2.24) is 9.38 Å². The number of imidazole rings is 1. The highest BCUT2D eigenvalue weighted by Crippen LogP contribution is 2.23. The number of aromatic nitrogens is 2. The molecule has 0 aliphatic carbocycles. The number of carbonyl (C=O) groups is 1. The summed E-state index contributed by atoms with van der Waals surface area (Å²) in [6.45, 7) is 0.712. The number of benzene rings is 1. The second-order valence-electron chi connectivity index (χ2n) is 5.11. The Labute approximate surface area is 134 Å². The number of halogens is 3. The smallest absolute Gasteiger partial charge is 0.267 e. The Hall–Kier alpha value is -3.03. The molecule has 3 aromatic rings. The van der Waals surface area contributed by atoms with Crippen LogP contribution in [-0.4, -0.2) is 15.3 Å².